The molecule has 0 N–H and O–H groups in total. The average Bonchev–Trinajstić information content (AvgIpc) is 2.90. The Kier molecular flexibility index (Phi) is 3.38. The standard InChI is InChI=1S/C13H18F3N3O2S/c1-9-3-4-12(6-9)7-19(8-12)22(20,21)11-5-10(13(14,15)16)17-18(11)2/h5,9H,3-4,6-8H2,1-2H3/t9-/m1/s1. The number of hydrogen-bond donors (Lipinski definition) is 0. The zero-order chi connectivity index (χ0) is 16.3. The molecular weight excluding hydrogens is 319 g/mol. The number of aromatic nitrogens is 2. The third kappa shape index (κ3) is 2.44. The molecular formula is C13H18F3N3O2S. The molecule has 1 aliphatic heterocycles. The number of aryl methyl sites for hydroxylation is 1. The lowest BCUT2D eigenvalue weighted by Gasteiger charge is -2.47. The SMILES string of the molecule is C[C@@H]1CCC2(C1)CN(S(=O)(=O)c1cc(C(F)(F)F)nn1C)C2. The van der Waals surface area contributed by atoms with Crippen molar-refractivity contribution in [2.75, 3.05) is 13.1 Å². The van der Waals surface area contributed by atoms with E-state index in [1.54, 1.807) is 0 Å². The Hall–Kier alpha value is -1.09. The summed E-state index contributed by atoms with van der Waals surface area (Å²) in [7, 11) is -2.70. The molecule has 0 radical (unpaired) electrons. The molecule has 0 amide bonds. The largest absolute Gasteiger partial charge is 0.435 e. The van der Waals surface area contributed by atoms with E-state index in [0.29, 0.717) is 25.1 Å². The molecule has 0 bridgehead atoms. The van der Waals surface area contributed by atoms with Crippen LogP contribution in [0.15, 0.2) is 11.1 Å². The molecule has 0 unspecified atom stereocenters. The van der Waals surface area contributed by atoms with Gasteiger partial charge < -0.3 is 0 Å². The minimum absolute atomic E-state index is 0.0257. The fourth-order valence-electron chi connectivity index (χ4n) is 3.62. The topological polar surface area (TPSA) is 55.2 Å². The molecule has 3 rings (SSSR count). The van der Waals surface area contributed by atoms with Crippen LogP contribution >= 0.6 is 0 Å². The van der Waals surface area contributed by atoms with Gasteiger partial charge in [-0.1, -0.05) is 13.3 Å². The van der Waals surface area contributed by atoms with Crippen LogP contribution in [0.25, 0.3) is 0 Å². The van der Waals surface area contributed by atoms with Crippen molar-refractivity contribution in [2.24, 2.45) is 18.4 Å². The molecule has 2 fully saturated rings. The van der Waals surface area contributed by atoms with Crippen LogP contribution in [0.1, 0.15) is 31.9 Å². The Bertz CT molecular complexity index is 690. The zero-order valence-electron chi connectivity index (χ0n) is 12.4. The molecule has 9 heteroatoms. The Morgan fingerprint density at radius 3 is 2.45 bits per heavy atom. The molecule has 1 aliphatic carbocycles. The fourth-order valence-corrected chi connectivity index (χ4v) is 5.40. The van der Waals surface area contributed by atoms with Crippen molar-refractivity contribution in [1.82, 2.24) is 14.1 Å². The van der Waals surface area contributed by atoms with E-state index in [0.717, 1.165) is 23.9 Å². The van der Waals surface area contributed by atoms with Gasteiger partial charge in [0.05, 0.1) is 0 Å². The quantitative estimate of drug-likeness (QED) is 0.832. The summed E-state index contributed by atoms with van der Waals surface area (Å²) in [5.41, 5.74) is -1.16. The van der Waals surface area contributed by atoms with Gasteiger partial charge in [0.1, 0.15) is 0 Å². The maximum atomic E-state index is 12.7. The van der Waals surface area contributed by atoms with Crippen LogP contribution in [-0.2, 0) is 23.2 Å². The summed E-state index contributed by atoms with van der Waals surface area (Å²) in [6.45, 7) is 2.93. The second-order valence-electron chi connectivity index (χ2n) is 6.61. The van der Waals surface area contributed by atoms with Crippen molar-refractivity contribution in [3.8, 4) is 0 Å². The minimum atomic E-state index is -4.65. The number of rotatable bonds is 2. The van der Waals surface area contributed by atoms with Gasteiger partial charge >= 0.3 is 6.18 Å². The Morgan fingerprint density at radius 2 is 2.00 bits per heavy atom. The molecule has 1 saturated carbocycles. The summed E-state index contributed by atoms with van der Waals surface area (Å²) < 4.78 is 65.0. The van der Waals surface area contributed by atoms with Crippen LogP contribution in [-0.4, -0.2) is 35.6 Å². The van der Waals surface area contributed by atoms with E-state index in [2.05, 4.69) is 12.0 Å². The summed E-state index contributed by atoms with van der Waals surface area (Å²) in [6, 6.07) is 0.609. The van der Waals surface area contributed by atoms with Crippen LogP contribution in [0.5, 0.6) is 0 Å². The van der Waals surface area contributed by atoms with Crippen molar-refractivity contribution in [2.45, 2.75) is 37.4 Å². The highest BCUT2D eigenvalue weighted by Gasteiger charge is 2.52. The number of halogens is 3. The van der Waals surface area contributed by atoms with Crippen LogP contribution < -0.4 is 0 Å². The van der Waals surface area contributed by atoms with E-state index in [9.17, 15) is 21.6 Å². The van der Waals surface area contributed by atoms with Crippen LogP contribution in [0.3, 0.4) is 0 Å². The predicted molar refractivity (Wildman–Crippen MR) is 72.4 cm³/mol. The summed E-state index contributed by atoms with van der Waals surface area (Å²) >= 11 is 0. The molecule has 0 aromatic carbocycles. The third-order valence-corrected chi connectivity index (χ3v) is 6.55. The van der Waals surface area contributed by atoms with Crippen molar-refractivity contribution in [1.29, 1.82) is 0 Å². The Labute approximate surface area is 127 Å². The molecule has 1 aromatic rings. The Morgan fingerprint density at radius 1 is 1.36 bits per heavy atom. The number of hydrogen-bond acceptors (Lipinski definition) is 3. The lowest BCUT2D eigenvalue weighted by Crippen LogP contribution is -2.57. The van der Waals surface area contributed by atoms with E-state index in [1.807, 2.05) is 0 Å². The summed E-state index contributed by atoms with van der Waals surface area (Å²) in [4.78, 5) is 0. The smallest absolute Gasteiger partial charge is 0.255 e. The first kappa shape index (κ1) is 15.8. The van der Waals surface area contributed by atoms with Gasteiger partial charge in [-0.05, 0) is 24.2 Å². The summed E-state index contributed by atoms with van der Waals surface area (Å²) in [6.07, 6.45) is -1.60. The van der Waals surface area contributed by atoms with Crippen molar-refractivity contribution < 1.29 is 21.6 Å². The van der Waals surface area contributed by atoms with Gasteiger partial charge in [0.2, 0.25) is 0 Å². The van der Waals surface area contributed by atoms with Gasteiger partial charge in [-0.2, -0.15) is 22.6 Å². The molecule has 2 aliphatic rings. The van der Waals surface area contributed by atoms with Crippen LogP contribution in [0.4, 0.5) is 13.2 Å². The van der Waals surface area contributed by atoms with Crippen molar-refractivity contribution >= 4 is 10.0 Å². The summed E-state index contributed by atoms with van der Waals surface area (Å²) in [5.74, 6) is 0.582. The minimum Gasteiger partial charge on any atom is -0.255 e. The first-order valence-corrected chi connectivity index (χ1v) is 8.59. The zero-order valence-corrected chi connectivity index (χ0v) is 13.2. The van der Waals surface area contributed by atoms with E-state index < -0.39 is 26.9 Å². The van der Waals surface area contributed by atoms with Gasteiger partial charge in [-0.15, -0.1) is 0 Å². The molecule has 22 heavy (non-hydrogen) atoms. The second kappa shape index (κ2) is 4.70. The first-order chi connectivity index (χ1) is 10.0. The lowest BCUT2D eigenvalue weighted by atomic mass is 9.79. The van der Waals surface area contributed by atoms with Crippen LogP contribution in [0.2, 0.25) is 0 Å². The normalized spacial score (nSPS) is 25.6. The number of nitrogens with zero attached hydrogens (tertiary/aromatic N) is 3. The Balaban J connectivity index is 1.82. The highest BCUT2D eigenvalue weighted by atomic mass is 32.2. The molecule has 1 atom stereocenters. The van der Waals surface area contributed by atoms with Crippen molar-refractivity contribution in [3.05, 3.63) is 11.8 Å². The average molecular weight is 337 g/mol. The highest BCUT2D eigenvalue weighted by Crippen LogP contribution is 2.49. The van der Waals surface area contributed by atoms with Gasteiger partial charge in [0.25, 0.3) is 10.0 Å². The van der Waals surface area contributed by atoms with E-state index in [-0.39, 0.29) is 5.41 Å². The maximum absolute atomic E-state index is 12.7. The molecule has 1 aromatic heterocycles. The number of alkyl halides is 3. The van der Waals surface area contributed by atoms with Gasteiger partial charge in [0.15, 0.2) is 10.7 Å². The lowest BCUT2D eigenvalue weighted by molar-refractivity contribution is -0.141. The van der Waals surface area contributed by atoms with E-state index in [1.165, 1.54) is 11.4 Å². The predicted octanol–water partition coefficient (Wildman–Crippen LogP) is 2.25. The van der Waals surface area contributed by atoms with E-state index in [4.69, 9.17) is 0 Å². The maximum Gasteiger partial charge on any atom is 0.435 e. The molecule has 124 valence electrons. The molecule has 1 saturated heterocycles. The van der Waals surface area contributed by atoms with Gasteiger partial charge in [-0.3, -0.25) is 4.68 Å². The van der Waals surface area contributed by atoms with E-state index >= 15 is 0 Å². The first-order valence-electron chi connectivity index (χ1n) is 7.15. The molecule has 1 spiro atoms. The number of sulfonamides is 1. The highest BCUT2D eigenvalue weighted by molar-refractivity contribution is 7.89. The fraction of sp³-hybridized carbons (Fsp3) is 0.769. The molecule has 2 heterocycles. The summed E-state index contributed by atoms with van der Waals surface area (Å²) in [5, 5.41) is 2.87. The van der Waals surface area contributed by atoms with Crippen molar-refractivity contribution in [3.63, 3.8) is 0 Å². The molecule has 5 nitrogen and oxygen atoms in total. The second-order valence-corrected chi connectivity index (χ2v) is 8.50. The third-order valence-electron chi connectivity index (χ3n) is 4.70. The van der Waals surface area contributed by atoms with Gasteiger partial charge in [0, 0.05) is 26.2 Å². The van der Waals surface area contributed by atoms with Crippen LogP contribution in [0, 0.1) is 11.3 Å². The van der Waals surface area contributed by atoms with Gasteiger partial charge in [-0.25, -0.2) is 8.42 Å². The monoisotopic (exact) mass is 337 g/mol.